The van der Waals surface area contributed by atoms with E-state index in [1.165, 1.54) is 12.1 Å². The van der Waals surface area contributed by atoms with Crippen LogP contribution in [0.25, 0.3) is 0 Å². The molecule has 0 saturated carbocycles. The minimum Gasteiger partial charge on any atom is -0.305 e. The second-order valence-electron chi connectivity index (χ2n) is 6.28. The van der Waals surface area contributed by atoms with Gasteiger partial charge in [0, 0.05) is 39.0 Å². The van der Waals surface area contributed by atoms with Crippen molar-refractivity contribution in [1.29, 1.82) is 0 Å². The Morgan fingerprint density at radius 2 is 1.93 bits per heavy atom. The highest BCUT2D eigenvalue weighted by molar-refractivity contribution is 6.35. The molecule has 0 fully saturated rings. The number of rotatable bonds is 5. The largest absolute Gasteiger partial charge is 0.305 e. The molecule has 7 nitrogen and oxygen atoms in total. The van der Waals surface area contributed by atoms with Crippen molar-refractivity contribution >= 4 is 40.6 Å². The monoisotopic (exact) mass is 418 g/mol. The Kier molecular flexibility index (Phi) is 5.67. The third-order valence-electron chi connectivity index (χ3n) is 4.23. The van der Waals surface area contributed by atoms with Gasteiger partial charge in [-0.25, -0.2) is 0 Å². The molecule has 0 saturated heterocycles. The fourth-order valence-electron chi connectivity index (χ4n) is 2.68. The number of hydrogen-bond acceptors (Lipinski definition) is 4. The van der Waals surface area contributed by atoms with Gasteiger partial charge >= 0.3 is 0 Å². The van der Waals surface area contributed by atoms with Crippen molar-refractivity contribution in [3.05, 3.63) is 85.0 Å². The molecule has 28 heavy (non-hydrogen) atoms. The van der Waals surface area contributed by atoms with E-state index in [4.69, 9.17) is 23.2 Å². The standard InChI is InChI=1S/C19H16Cl2N4O3/c1-11-3-4-13(8-17(11)25(27)28)19(26)22-18-7-12(2)24(23-18)10-14-5-6-15(20)9-16(14)21/h3-9H,10H2,1-2H3,(H,22,23,26). The zero-order valence-corrected chi connectivity index (χ0v) is 16.6. The van der Waals surface area contributed by atoms with Gasteiger partial charge in [-0.3, -0.25) is 19.6 Å². The molecule has 1 amide bonds. The molecular weight excluding hydrogens is 403 g/mol. The van der Waals surface area contributed by atoms with E-state index in [0.29, 0.717) is 28.0 Å². The second-order valence-corrected chi connectivity index (χ2v) is 7.12. The van der Waals surface area contributed by atoms with E-state index in [1.54, 1.807) is 35.9 Å². The maximum Gasteiger partial charge on any atom is 0.273 e. The van der Waals surface area contributed by atoms with Crippen molar-refractivity contribution in [3.63, 3.8) is 0 Å². The Labute approximate surface area is 171 Å². The number of aryl methyl sites for hydroxylation is 2. The summed E-state index contributed by atoms with van der Waals surface area (Å²) in [4.78, 5) is 23.0. The van der Waals surface area contributed by atoms with Crippen molar-refractivity contribution in [2.45, 2.75) is 20.4 Å². The summed E-state index contributed by atoms with van der Waals surface area (Å²) in [7, 11) is 0. The summed E-state index contributed by atoms with van der Waals surface area (Å²) < 4.78 is 1.70. The minimum absolute atomic E-state index is 0.105. The molecule has 0 aliphatic carbocycles. The number of halogens is 2. The first-order valence-corrected chi connectivity index (χ1v) is 9.05. The highest BCUT2D eigenvalue weighted by Crippen LogP contribution is 2.23. The van der Waals surface area contributed by atoms with E-state index in [-0.39, 0.29) is 11.3 Å². The van der Waals surface area contributed by atoms with Gasteiger partial charge in [-0.15, -0.1) is 0 Å². The van der Waals surface area contributed by atoms with Crippen molar-refractivity contribution in [2.75, 3.05) is 5.32 Å². The van der Waals surface area contributed by atoms with Crippen LogP contribution in [0.3, 0.4) is 0 Å². The number of nitrogens with one attached hydrogen (secondary N) is 1. The lowest BCUT2D eigenvalue weighted by molar-refractivity contribution is -0.385. The van der Waals surface area contributed by atoms with Gasteiger partial charge in [0.2, 0.25) is 0 Å². The SMILES string of the molecule is Cc1ccc(C(=O)Nc2cc(C)n(Cc3ccc(Cl)cc3Cl)n2)cc1[N+](=O)[O-]. The number of carbonyl (C=O) groups excluding carboxylic acids is 1. The molecule has 144 valence electrons. The molecule has 1 heterocycles. The second kappa shape index (κ2) is 8.00. The van der Waals surface area contributed by atoms with Crippen molar-refractivity contribution < 1.29 is 9.72 Å². The summed E-state index contributed by atoms with van der Waals surface area (Å²) in [6, 6.07) is 11.3. The molecule has 1 aromatic heterocycles. The molecule has 2 aromatic carbocycles. The number of nitrogens with zero attached hydrogens (tertiary/aromatic N) is 3. The van der Waals surface area contributed by atoms with Gasteiger partial charge in [0.25, 0.3) is 11.6 Å². The van der Waals surface area contributed by atoms with E-state index < -0.39 is 10.8 Å². The first-order valence-electron chi connectivity index (χ1n) is 8.29. The molecule has 0 aliphatic rings. The van der Waals surface area contributed by atoms with Crippen LogP contribution in [0.2, 0.25) is 10.0 Å². The van der Waals surface area contributed by atoms with E-state index >= 15 is 0 Å². The molecule has 0 spiro atoms. The summed E-state index contributed by atoms with van der Waals surface area (Å²) in [5, 5.41) is 19.2. The maximum atomic E-state index is 12.5. The topological polar surface area (TPSA) is 90.1 Å². The highest BCUT2D eigenvalue weighted by Gasteiger charge is 2.16. The zero-order valence-electron chi connectivity index (χ0n) is 15.1. The number of nitro benzene ring substituents is 1. The van der Waals surface area contributed by atoms with Crippen LogP contribution >= 0.6 is 23.2 Å². The normalized spacial score (nSPS) is 10.7. The molecule has 9 heteroatoms. The fourth-order valence-corrected chi connectivity index (χ4v) is 3.15. The summed E-state index contributed by atoms with van der Waals surface area (Å²) >= 11 is 12.1. The lowest BCUT2D eigenvalue weighted by Crippen LogP contribution is -2.13. The Balaban J connectivity index is 1.79. The predicted molar refractivity (Wildman–Crippen MR) is 108 cm³/mol. The quantitative estimate of drug-likeness (QED) is 0.465. The van der Waals surface area contributed by atoms with Crippen LogP contribution in [0, 0.1) is 24.0 Å². The van der Waals surface area contributed by atoms with Gasteiger partial charge in [0.1, 0.15) is 0 Å². The molecule has 0 unspecified atom stereocenters. The third-order valence-corrected chi connectivity index (χ3v) is 4.81. The van der Waals surface area contributed by atoms with Gasteiger partial charge < -0.3 is 5.32 Å². The van der Waals surface area contributed by atoms with Crippen LogP contribution in [-0.4, -0.2) is 20.6 Å². The third kappa shape index (κ3) is 4.32. The van der Waals surface area contributed by atoms with Crippen LogP contribution in [0.4, 0.5) is 11.5 Å². The van der Waals surface area contributed by atoms with E-state index in [1.807, 2.05) is 13.0 Å². The molecular formula is C19H16Cl2N4O3. The van der Waals surface area contributed by atoms with Crippen LogP contribution < -0.4 is 5.32 Å². The first kappa shape index (κ1) is 19.9. The van der Waals surface area contributed by atoms with Gasteiger partial charge in [0.15, 0.2) is 5.82 Å². The maximum absolute atomic E-state index is 12.5. The van der Waals surface area contributed by atoms with E-state index in [2.05, 4.69) is 10.4 Å². The summed E-state index contributed by atoms with van der Waals surface area (Å²) in [5.41, 5.74) is 2.22. The lowest BCUT2D eigenvalue weighted by Gasteiger charge is -2.07. The number of benzene rings is 2. The number of aromatic nitrogens is 2. The van der Waals surface area contributed by atoms with Crippen molar-refractivity contribution in [2.24, 2.45) is 0 Å². The van der Waals surface area contributed by atoms with E-state index in [9.17, 15) is 14.9 Å². The Morgan fingerprint density at radius 3 is 2.61 bits per heavy atom. The van der Waals surface area contributed by atoms with Gasteiger partial charge in [-0.2, -0.15) is 5.10 Å². The number of hydrogen-bond donors (Lipinski definition) is 1. The average Bonchev–Trinajstić information content (AvgIpc) is 2.96. The highest BCUT2D eigenvalue weighted by atomic mass is 35.5. The molecule has 1 N–H and O–H groups in total. The summed E-state index contributed by atoms with van der Waals surface area (Å²) in [5.74, 6) is -0.131. The minimum atomic E-state index is -0.513. The van der Waals surface area contributed by atoms with E-state index in [0.717, 1.165) is 11.3 Å². The van der Waals surface area contributed by atoms with Gasteiger partial charge in [0.05, 0.1) is 11.5 Å². The van der Waals surface area contributed by atoms with Crippen LogP contribution in [-0.2, 0) is 6.54 Å². The number of anilines is 1. The molecule has 0 radical (unpaired) electrons. The van der Waals surface area contributed by atoms with Crippen LogP contribution in [0.1, 0.15) is 27.2 Å². The Bertz CT molecular complexity index is 1080. The molecule has 0 bridgehead atoms. The van der Waals surface area contributed by atoms with Crippen LogP contribution in [0.5, 0.6) is 0 Å². The van der Waals surface area contributed by atoms with Gasteiger partial charge in [-0.1, -0.05) is 35.3 Å². The van der Waals surface area contributed by atoms with Gasteiger partial charge in [-0.05, 0) is 37.6 Å². The molecule has 0 aliphatic heterocycles. The summed E-state index contributed by atoms with van der Waals surface area (Å²) in [6.45, 7) is 3.88. The van der Waals surface area contributed by atoms with Crippen LogP contribution in [0.15, 0.2) is 42.5 Å². The number of amides is 1. The molecule has 3 rings (SSSR count). The average molecular weight is 419 g/mol. The molecule has 0 atom stereocenters. The predicted octanol–water partition coefficient (Wildman–Crippen LogP) is 5.02. The summed E-state index contributed by atoms with van der Waals surface area (Å²) in [6.07, 6.45) is 0. The zero-order chi connectivity index (χ0) is 20.4. The Morgan fingerprint density at radius 1 is 1.18 bits per heavy atom. The number of nitro groups is 1. The van der Waals surface area contributed by atoms with Crippen molar-refractivity contribution in [1.82, 2.24) is 9.78 Å². The smallest absolute Gasteiger partial charge is 0.273 e. The first-order chi connectivity index (χ1) is 13.2. The number of carbonyl (C=O) groups is 1. The Hall–Kier alpha value is -2.90. The lowest BCUT2D eigenvalue weighted by atomic mass is 10.1. The molecule has 3 aromatic rings. The van der Waals surface area contributed by atoms with Crippen molar-refractivity contribution in [3.8, 4) is 0 Å². The fraction of sp³-hybridized carbons (Fsp3) is 0.158.